The number of rotatable bonds is 7. The van der Waals surface area contributed by atoms with Crippen LogP contribution < -0.4 is 20.6 Å². The van der Waals surface area contributed by atoms with Crippen molar-refractivity contribution in [3.63, 3.8) is 0 Å². The Kier molecular flexibility index (Phi) is 6.18. The fraction of sp³-hybridized carbons (Fsp3) is 0.357. The maximum Gasteiger partial charge on any atom is 0.405 e. The third kappa shape index (κ3) is 5.18. The van der Waals surface area contributed by atoms with Crippen LogP contribution in [0.2, 0.25) is 0 Å². The molecule has 2 aromatic rings. The summed E-state index contributed by atoms with van der Waals surface area (Å²) in [4.78, 5) is 11.5. The molecule has 0 radical (unpaired) electrons. The minimum atomic E-state index is -4.47. The van der Waals surface area contributed by atoms with Crippen molar-refractivity contribution in [2.24, 2.45) is 0 Å². The van der Waals surface area contributed by atoms with Gasteiger partial charge in [0.05, 0.1) is 20.0 Å². The second-order valence-electron chi connectivity index (χ2n) is 4.96. The average molecular weight is 391 g/mol. The molecular weight excluding hydrogens is 375 g/mol. The zero-order valence-electron chi connectivity index (χ0n) is 13.8. The lowest BCUT2D eigenvalue weighted by Gasteiger charge is -2.09. The van der Waals surface area contributed by atoms with Crippen LogP contribution in [0.4, 0.5) is 13.2 Å². The van der Waals surface area contributed by atoms with Crippen molar-refractivity contribution in [1.29, 1.82) is 0 Å². The maximum atomic E-state index is 12.1. The standard InChI is InChI=1S/C14H16F3N5O3S/c1-24-9-3-8(4-10(5-9)25-2)12-20-21-13(22(12)18)26-6-11(23)19-7-14(15,16)17/h3-5H,6-7,18H2,1-2H3,(H,19,23). The van der Waals surface area contributed by atoms with Gasteiger partial charge in [0.15, 0.2) is 5.82 Å². The van der Waals surface area contributed by atoms with Gasteiger partial charge in [0.2, 0.25) is 11.1 Å². The van der Waals surface area contributed by atoms with Crippen molar-refractivity contribution in [1.82, 2.24) is 20.2 Å². The molecule has 0 aliphatic rings. The van der Waals surface area contributed by atoms with Gasteiger partial charge >= 0.3 is 6.18 Å². The highest BCUT2D eigenvalue weighted by molar-refractivity contribution is 7.99. The lowest BCUT2D eigenvalue weighted by molar-refractivity contribution is -0.136. The SMILES string of the molecule is COc1cc(OC)cc(-c2nnc(SCC(=O)NCC(F)(F)F)n2N)c1. The van der Waals surface area contributed by atoms with Crippen LogP contribution in [0.3, 0.4) is 0 Å². The lowest BCUT2D eigenvalue weighted by atomic mass is 10.2. The van der Waals surface area contributed by atoms with E-state index in [1.54, 1.807) is 23.5 Å². The molecule has 0 saturated carbocycles. The van der Waals surface area contributed by atoms with E-state index in [-0.39, 0.29) is 16.7 Å². The van der Waals surface area contributed by atoms with Gasteiger partial charge in [0.25, 0.3) is 0 Å². The normalized spacial score (nSPS) is 11.3. The smallest absolute Gasteiger partial charge is 0.405 e. The minimum absolute atomic E-state index is 0.170. The van der Waals surface area contributed by atoms with Gasteiger partial charge in [-0.25, -0.2) is 4.68 Å². The summed E-state index contributed by atoms with van der Waals surface area (Å²) in [6.07, 6.45) is -4.47. The van der Waals surface area contributed by atoms with Crippen molar-refractivity contribution in [3.05, 3.63) is 18.2 Å². The Labute approximate surface area is 150 Å². The topological polar surface area (TPSA) is 104 Å². The first-order chi connectivity index (χ1) is 12.2. The molecule has 12 heteroatoms. The van der Waals surface area contributed by atoms with Crippen LogP contribution in [0.15, 0.2) is 23.4 Å². The average Bonchev–Trinajstić information content (AvgIpc) is 2.97. The molecule has 0 aliphatic carbocycles. The molecule has 0 atom stereocenters. The van der Waals surface area contributed by atoms with E-state index in [0.717, 1.165) is 16.4 Å². The predicted octanol–water partition coefficient (Wildman–Crippen LogP) is 1.45. The monoisotopic (exact) mass is 391 g/mol. The highest BCUT2D eigenvalue weighted by atomic mass is 32.2. The van der Waals surface area contributed by atoms with Crippen LogP contribution in [-0.4, -0.2) is 53.5 Å². The molecule has 1 aromatic heterocycles. The fourth-order valence-corrected chi connectivity index (χ4v) is 2.58. The number of nitrogens with two attached hydrogens (primary N) is 1. The van der Waals surface area contributed by atoms with E-state index in [9.17, 15) is 18.0 Å². The first-order valence-electron chi connectivity index (χ1n) is 7.13. The number of aromatic nitrogens is 3. The fourth-order valence-electron chi connectivity index (χ4n) is 1.89. The third-order valence-electron chi connectivity index (χ3n) is 3.09. The van der Waals surface area contributed by atoms with Crippen LogP contribution in [0.5, 0.6) is 11.5 Å². The van der Waals surface area contributed by atoms with Crippen molar-refractivity contribution in [2.75, 3.05) is 32.4 Å². The van der Waals surface area contributed by atoms with Gasteiger partial charge in [-0.3, -0.25) is 4.79 Å². The van der Waals surface area contributed by atoms with Gasteiger partial charge in [0, 0.05) is 11.6 Å². The Bertz CT molecular complexity index is 759. The predicted molar refractivity (Wildman–Crippen MR) is 88.5 cm³/mol. The van der Waals surface area contributed by atoms with Crippen LogP contribution in [0, 0.1) is 0 Å². The third-order valence-corrected chi connectivity index (χ3v) is 4.04. The number of nitrogens with one attached hydrogen (secondary N) is 1. The number of hydrogen-bond donors (Lipinski definition) is 2. The molecule has 0 aliphatic heterocycles. The minimum Gasteiger partial charge on any atom is -0.497 e. The van der Waals surface area contributed by atoms with Crippen LogP contribution in [-0.2, 0) is 4.79 Å². The van der Waals surface area contributed by atoms with Crippen LogP contribution >= 0.6 is 11.8 Å². The lowest BCUT2D eigenvalue weighted by Crippen LogP contribution is -2.34. The number of thioether (sulfide) groups is 1. The van der Waals surface area contributed by atoms with E-state index >= 15 is 0 Å². The molecule has 0 spiro atoms. The van der Waals surface area contributed by atoms with Gasteiger partial charge in [-0.15, -0.1) is 10.2 Å². The Morgan fingerprint density at radius 3 is 2.38 bits per heavy atom. The molecule has 142 valence electrons. The zero-order valence-corrected chi connectivity index (χ0v) is 14.6. The molecule has 1 aromatic carbocycles. The number of nitrogen functional groups attached to an aromatic ring is 1. The Balaban J connectivity index is 2.09. The summed E-state index contributed by atoms with van der Waals surface area (Å²) >= 11 is 0.864. The number of carbonyl (C=O) groups is 1. The second-order valence-corrected chi connectivity index (χ2v) is 5.90. The summed E-state index contributed by atoms with van der Waals surface area (Å²) in [5.41, 5.74) is 0.560. The van der Waals surface area contributed by atoms with E-state index in [2.05, 4.69) is 10.2 Å². The Hall–Kier alpha value is -2.63. The highest BCUT2D eigenvalue weighted by Gasteiger charge is 2.27. The molecular formula is C14H16F3N5O3S. The van der Waals surface area contributed by atoms with E-state index in [0.29, 0.717) is 17.1 Å². The number of methoxy groups -OCH3 is 2. The molecule has 0 bridgehead atoms. The van der Waals surface area contributed by atoms with E-state index in [1.165, 1.54) is 14.2 Å². The van der Waals surface area contributed by atoms with Crippen LogP contribution in [0.1, 0.15) is 0 Å². The number of hydrogen-bond acceptors (Lipinski definition) is 7. The molecule has 0 saturated heterocycles. The number of ether oxygens (including phenoxy) is 2. The first kappa shape index (κ1) is 19.7. The first-order valence-corrected chi connectivity index (χ1v) is 8.12. The van der Waals surface area contributed by atoms with Crippen LogP contribution in [0.25, 0.3) is 11.4 Å². The number of carbonyl (C=O) groups excluding carboxylic acids is 1. The number of alkyl halides is 3. The maximum absolute atomic E-state index is 12.1. The molecule has 0 fully saturated rings. The highest BCUT2D eigenvalue weighted by Crippen LogP contribution is 2.29. The number of amides is 1. The molecule has 26 heavy (non-hydrogen) atoms. The van der Waals surface area contributed by atoms with E-state index in [1.807, 2.05) is 0 Å². The summed E-state index contributed by atoms with van der Waals surface area (Å²) < 4.78 is 47.7. The number of benzene rings is 1. The summed E-state index contributed by atoms with van der Waals surface area (Å²) in [6, 6.07) is 5.00. The van der Waals surface area contributed by atoms with Gasteiger partial charge in [-0.05, 0) is 12.1 Å². The molecule has 8 nitrogen and oxygen atoms in total. The molecule has 1 heterocycles. The quantitative estimate of drug-likeness (QED) is 0.544. The van der Waals surface area contributed by atoms with E-state index in [4.69, 9.17) is 15.3 Å². The second kappa shape index (κ2) is 8.17. The number of nitrogens with zero attached hydrogens (tertiary/aromatic N) is 3. The van der Waals surface area contributed by atoms with E-state index < -0.39 is 18.6 Å². The molecule has 0 unspecified atom stereocenters. The van der Waals surface area contributed by atoms with Gasteiger partial charge < -0.3 is 20.6 Å². The van der Waals surface area contributed by atoms with Gasteiger partial charge in [-0.1, -0.05) is 11.8 Å². The summed E-state index contributed by atoms with van der Waals surface area (Å²) in [7, 11) is 2.99. The van der Waals surface area contributed by atoms with Crippen molar-refractivity contribution in [3.8, 4) is 22.9 Å². The molecule has 2 rings (SSSR count). The van der Waals surface area contributed by atoms with Crippen molar-refractivity contribution in [2.45, 2.75) is 11.3 Å². The largest absolute Gasteiger partial charge is 0.497 e. The summed E-state index contributed by atoms with van der Waals surface area (Å²) in [5.74, 6) is 6.16. The van der Waals surface area contributed by atoms with Gasteiger partial charge in [-0.2, -0.15) is 13.2 Å². The summed E-state index contributed by atoms with van der Waals surface area (Å²) in [5, 5.41) is 9.73. The zero-order chi connectivity index (χ0) is 19.3. The van der Waals surface area contributed by atoms with Crippen molar-refractivity contribution >= 4 is 17.7 Å². The Morgan fingerprint density at radius 1 is 1.23 bits per heavy atom. The summed E-state index contributed by atoms with van der Waals surface area (Å²) in [6.45, 7) is -1.39. The van der Waals surface area contributed by atoms with Crippen molar-refractivity contribution < 1.29 is 27.4 Å². The molecule has 3 N–H and O–H groups in total. The van der Waals surface area contributed by atoms with Gasteiger partial charge in [0.1, 0.15) is 18.0 Å². The number of halogens is 3. The Morgan fingerprint density at radius 2 is 1.85 bits per heavy atom. The molecule has 1 amide bonds.